The molecule has 12 heteroatoms. The molecule has 0 saturated carbocycles. The van der Waals surface area contributed by atoms with E-state index in [9.17, 15) is 4.79 Å². The van der Waals surface area contributed by atoms with Gasteiger partial charge in [-0.15, -0.1) is 0 Å². The van der Waals surface area contributed by atoms with Crippen molar-refractivity contribution in [2.45, 2.75) is 6.92 Å². The molecule has 1 aromatic heterocycles. The lowest BCUT2D eigenvalue weighted by atomic mass is 10.2. The quantitative estimate of drug-likeness (QED) is 0.375. The van der Waals surface area contributed by atoms with E-state index in [4.69, 9.17) is 27.9 Å². The van der Waals surface area contributed by atoms with E-state index in [2.05, 4.69) is 54.2 Å². The van der Waals surface area contributed by atoms with E-state index in [1.165, 1.54) is 24.0 Å². The van der Waals surface area contributed by atoms with Gasteiger partial charge in [0.1, 0.15) is 28.7 Å². The lowest BCUT2D eigenvalue weighted by molar-refractivity contribution is 0.258. The molecule has 0 radical (unpaired) electrons. The minimum atomic E-state index is -0.468. The highest BCUT2D eigenvalue weighted by atomic mass is 35.5. The van der Waals surface area contributed by atoms with Gasteiger partial charge in [-0.05, 0) is 42.9 Å². The number of anilines is 5. The summed E-state index contributed by atoms with van der Waals surface area (Å²) >= 11 is 12.5. The summed E-state index contributed by atoms with van der Waals surface area (Å²) in [4.78, 5) is 27.6. The molecule has 0 bridgehead atoms. The lowest BCUT2D eigenvalue weighted by Crippen LogP contribution is -2.46. The highest BCUT2D eigenvalue weighted by molar-refractivity contribution is 6.40. The molecule has 4 rings (SSSR count). The highest BCUT2D eigenvalue weighted by Gasteiger charge is 2.19. The number of nitrogens with one attached hydrogen (secondary N) is 2. The molecule has 0 unspecified atom stereocenters. The molecule has 3 aromatic rings. The first-order chi connectivity index (χ1) is 18.8. The van der Waals surface area contributed by atoms with Crippen LogP contribution in [-0.2, 0) is 4.74 Å². The van der Waals surface area contributed by atoms with Crippen LogP contribution in [0.2, 0.25) is 10.0 Å². The predicted molar refractivity (Wildman–Crippen MR) is 159 cm³/mol. The van der Waals surface area contributed by atoms with Crippen LogP contribution in [0.1, 0.15) is 6.92 Å². The summed E-state index contributed by atoms with van der Waals surface area (Å²) in [6, 6.07) is 12.7. The number of amides is 2. The fourth-order valence-corrected chi connectivity index (χ4v) is 4.47. The van der Waals surface area contributed by atoms with Gasteiger partial charge in [0.15, 0.2) is 0 Å². The second kappa shape index (κ2) is 14.7. The summed E-state index contributed by atoms with van der Waals surface area (Å²) in [5.74, 6) is 1.36. The van der Waals surface area contributed by atoms with E-state index in [-0.39, 0.29) is 10.7 Å². The number of halogens is 2. The highest BCUT2D eigenvalue weighted by Crippen LogP contribution is 2.37. The second-order valence-corrected chi connectivity index (χ2v) is 9.48. The minimum absolute atomic E-state index is 0.215. The molecule has 10 nitrogen and oxygen atoms in total. The topological polar surface area (TPSA) is 95.1 Å². The molecule has 2 amide bonds. The Balaban J connectivity index is 0.00000134. The van der Waals surface area contributed by atoms with Crippen LogP contribution in [0, 0.1) is 0 Å². The zero-order chi connectivity index (χ0) is 28.4. The van der Waals surface area contributed by atoms with E-state index in [0.717, 1.165) is 38.4 Å². The van der Waals surface area contributed by atoms with E-state index in [1.54, 1.807) is 39.5 Å². The van der Waals surface area contributed by atoms with Crippen LogP contribution in [-0.4, -0.2) is 82.0 Å². The van der Waals surface area contributed by atoms with Crippen LogP contribution in [0.4, 0.5) is 33.5 Å². The number of hydrogen-bond donors (Lipinski definition) is 2. The summed E-state index contributed by atoms with van der Waals surface area (Å²) in [6.45, 7) is 7.50. The van der Waals surface area contributed by atoms with Crippen molar-refractivity contribution in [1.82, 2.24) is 14.9 Å². The molecule has 1 aliphatic heterocycles. The average Bonchev–Trinajstić information content (AvgIpc) is 2.96. The molecular weight excluding hydrogens is 541 g/mol. The van der Waals surface area contributed by atoms with E-state index >= 15 is 0 Å². The molecule has 1 saturated heterocycles. The van der Waals surface area contributed by atoms with Gasteiger partial charge in [0.2, 0.25) is 0 Å². The van der Waals surface area contributed by atoms with Crippen molar-refractivity contribution in [3.05, 3.63) is 58.8 Å². The van der Waals surface area contributed by atoms with Gasteiger partial charge in [0.25, 0.3) is 0 Å². The number of carbonyl (C=O) groups excluding carboxylic acids is 1. The third kappa shape index (κ3) is 8.09. The van der Waals surface area contributed by atoms with Crippen LogP contribution in [0.3, 0.4) is 0 Å². The number of nitrogens with zero attached hydrogens (tertiary/aromatic N) is 5. The summed E-state index contributed by atoms with van der Waals surface area (Å²) in [5.41, 5.74) is 2.35. The third-order valence-corrected chi connectivity index (χ3v) is 6.82. The molecule has 1 fully saturated rings. The number of piperazine rings is 1. The van der Waals surface area contributed by atoms with Crippen molar-refractivity contribution >= 4 is 57.9 Å². The normalized spacial score (nSPS) is 13.3. The van der Waals surface area contributed by atoms with Crippen LogP contribution in [0.15, 0.2) is 48.8 Å². The number of rotatable bonds is 7. The Morgan fingerprint density at radius 3 is 2.31 bits per heavy atom. The third-order valence-electron chi connectivity index (χ3n) is 6.13. The summed E-state index contributed by atoms with van der Waals surface area (Å²) in [6.07, 6.45) is 1.40. The number of carbonyl (C=O) groups is 1. The molecule has 0 spiro atoms. The summed E-state index contributed by atoms with van der Waals surface area (Å²) in [5, 5.41) is 6.50. The summed E-state index contributed by atoms with van der Waals surface area (Å²) in [7, 11) is 6.33. The number of likely N-dealkylation sites (N-methyl/N-ethyl adjacent to an activating group) is 1. The van der Waals surface area contributed by atoms with Crippen LogP contribution >= 0.6 is 23.2 Å². The average molecular weight is 577 g/mol. The molecule has 0 aliphatic carbocycles. The molecule has 210 valence electrons. The molecule has 2 N–H and O–H groups in total. The van der Waals surface area contributed by atoms with Gasteiger partial charge in [0, 0.05) is 64.9 Å². The maximum absolute atomic E-state index is 12.9. The SMILES string of the molecule is CCN1CCN(c2ccc(Nc3cc(N(C)C(=O)Nc4c(Cl)ccc(OC)c4Cl)ncn3)cc2)CC1.COC. The Kier molecular flexibility index (Phi) is 11.4. The number of aromatic nitrogens is 2. The molecule has 0 atom stereocenters. The zero-order valence-corrected chi connectivity index (χ0v) is 24.4. The van der Waals surface area contributed by atoms with E-state index in [1.807, 2.05) is 12.1 Å². The lowest BCUT2D eigenvalue weighted by Gasteiger charge is -2.35. The van der Waals surface area contributed by atoms with E-state index in [0.29, 0.717) is 22.4 Å². The fourth-order valence-electron chi connectivity index (χ4n) is 3.93. The van der Waals surface area contributed by atoms with Crippen LogP contribution in [0.5, 0.6) is 5.75 Å². The van der Waals surface area contributed by atoms with Crippen molar-refractivity contribution in [2.75, 3.05) is 81.5 Å². The number of benzene rings is 2. The van der Waals surface area contributed by atoms with Crippen molar-refractivity contribution in [1.29, 1.82) is 0 Å². The fraction of sp³-hybridized carbons (Fsp3) is 0.370. The largest absolute Gasteiger partial charge is 0.495 e. The standard InChI is InChI=1S/C25H29Cl2N7O2.C2H6O/c1-4-33-11-13-34(14-12-33)18-7-5-17(6-8-18)30-21-15-22(29-16-28-21)32(2)25(35)31-24-19(26)9-10-20(36-3)23(24)27;1-3-2/h5-10,15-16H,4,11-14H2,1-3H3,(H,31,35)(H,28,29,30);1-2H3. The van der Waals surface area contributed by atoms with Gasteiger partial charge in [-0.3, -0.25) is 4.90 Å². The van der Waals surface area contributed by atoms with Gasteiger partial charge in [0.05, 0.1) is 17.8 Å². The maximum atomic E-state index is 12.9. The van der Waals surface area contributed by atoms with Gasteiger partial charge >= 0.3 is 6.03 Å². The smallest absolute Gasteiger partial charge is 0.327 e. The first-order valence-corrected chi connectivity index (χ1v) is 13.2. The van der Waals surface area contributed by atoms with Gasteiger partial charge in [-0.25, -0.2) is 14.8 Å². The van der Waals surface area contributed by atoms with Gasteiger partial charge in [-0.1, -0.05) is 30.1 Å². The monoisotopic (exact) mass is 575 g/mol. The predicted octanol–water partition coefficient (Wildman–Crippen LogP) is 5.61. The molecule has 39 heavy (non-hydrogen) atoms. The Morgan fingerprint density at radius 1 is 1.03 bits per heavy atom. The molecular formula is C27H35Cl2N7O3. The zero-order valence-electron chi connectivity index (χ0n) is 22.9. The van der Waals surface area contributed by atoms with Gasteiger partial charge < -0.3 is 29.9 Å². The van der Waals surface area contributed by atoms with Crippen LogP contribution < -0.4 is 25.2 Å². The Morgan fingerprint density at radius 2 is 1.69 bits per heavy atom. The van der Waals surface area contributed by atoms with Crippen molar-refractivity contribution < 1.29 is 14.3 Å². The number of ether oxygens (including phenoxy) is 2. The Labute approximate surface area is 239 Å². The maximum Gasteiger partial charge on any atom is 0.327 e. The molecule has 2 aromatic carbocycles. The minimum Gasteiger partial charge on any atom is -0.495 e. The number of hydrogen-bond acceptors (Lipinski definition) is 8. The Hall–Kier alpha value is -3.31. The van der Waals surface area contributed by atoms with Crippen molar-refractivity contribution in [3.63, 3.8) is 0 Å². The van der Waals surface area contributed by atoms with Crippen molar-refractivity contribution in [2.24, 2.45) is 0 Å². The first-order valence-electron chi connectivity index (χ1n) is 12.4. The first kappa shape index (κ1) is 30.2. The van der Waals surface area contributed by atoms with E-state index < -0.39 is 6.03 Å². The number of urea groups is 1. The molecule has 1 aliphatic rings. The summed E-state index contributed by atoms with van der Waals surface area (Å²) < 4.78 is 9.45. The van der Waals surface area contributed by atoms with Gasteiger partial charge in [-0.2, -0.15) is 0 Å². The molecule has 2 heterocycles. The van der Waals surface area contributed by atoms with Crippen molar-refractivity contribution in [3.8, 4) is 5.75 Å². The second-order valence-electron chi connectivity index (χ2n) is 8.69. The Bertz CT molecular complexity index is 1220. The van der Waals surface area contributed by atoms with Crippen LogP contribution in [0.25, 0.3) is 0 Å². The number of methoxy groups -OCH3 is 2.